The van der Waals surface area contributed by atoms with E-state index in [1.165, 1.54) is 0 Å². The fourth-order valence-electron chi connectivity index (χ4n) is 2.04. The monoisotopic (exact) mass is 385 g/mol. The predicted molar refractivity (Wildman–Crippen MR) is 86.8 cm³/mol. The molecule has 0 radical (unpaired) electrons. The number of rotatable bonds is 3. The number of aromatic nitrogens is 1. The molecule has 1 amide bonds. The second-order valence-electron chi connectivity index (χ2n) is 5.05. The summed E-state index contributed by atoms with van der Waals surface area (Å²) in [6.45, 7) is 3.11. The van der Waals surface area contributed by atoms with E-state index in [0.717, 1.165) is 44.6 Å². The van der Waals surface area contributed by atoms with Gasteiger partial charge in [-0.3, -0.25) is 19.9 Å². The van der Waals surface area contributed by atoms with Crippen molar-refractivity contribution in [1.29, 1.82) is 0 Å². The zero-order chi connectivity index (χ0) is 19.8. The standard InChI is InChI=1S/C12H6F3N3O3.C4H8O2/c13-6-2-1-3-9(18(20)21)10(6)12(19)17-11-7(14)4-16-5-8(11)15;1-2-6-4-3-5-1/h1-5H,(H,16,17,19);1-4H2. The first-order chi connectivity index (χ1) is 12.9. The average molecular weight is 385 g/mol. The molecule has 2 heterocycles. The first kappa shape index (κ1) is 20.3. The minimum absolute atomic E-state index is 0.633. The van der Waals surface area contributed by atoms with Crippen molar-refractivity contribution in [2.75, 3.05) is 31.7 Å². The van der Waals surface area contributed by atoms with Crippen LogP contribution in [0.5, 0.6) is 0 Å². The van der Waals surface area contributed by atoms with Crippen LogP contribution in [-0.4, -0.2) is 42.2 Å². The van der Waals surface area contributed by atoms with Crippen LogP contribution in [0.4, 0.5) is 24.5 Å². The van der Waals surface area contributed by atoms with Crippen molar-refractivity contribution in [3.8, 4) is 0 Å². The molecule has 0 saturated carbocycles. The predicted octanol–water partition coefficient (Wildman–Crippen LogP) is 2.69. The summed E-state index contributed by atoms with van der Waals surface area (Å²) in [5.41, 5.74) is -2.60. The van der Waals surface area contributed by atoms with Gasteiger partial charge in [0.25, 0.3) is 11.6 Å². The number of carbonyl (C=O) groups is 1. The molecule has 1 N–H and O–H groups in total. The van der Waals surface area contributed by atoms with Crippen LogP contribution in [0.2, 0.25) is 0 Å². The summed E-state index contributed by atoms with van der Waals surface area (Å²) in [5.74, 6) is -4.91. The van der Waals surface area contributed by atoms with E-state index in [2.05, 4.69) is 4.98 Å². The Hall–Kier alpha value is -3.05. The molecule has 27 heavy (non-hydrogen) atoms. The molecule has 1 fully saturated rings. The fourth-order valence-corrected chi connectivity index (χ4v) is 2.04. The number of pyridine rings is 1. The summed E-state index contributed by atoms with van der Waals surface area (Å²) < 4.78 is 50.2. The number of hydrogen-bond donors (Lipinski definition) is 1. The Morgan fingerprint density at radius 1 is 1.04 bits per heavy atom. The topological polar surface area (TPSA) is 104 Å². The summed E-state index contributed by atoms with van der Waals surface area (Å²) in [6.07, 6.45) is 1.27. The third-order valence-corrected chi connectivity index (χ3v) is 3.25. The van der Waals surface area contributed by atoms with E-state index in [9.17, 15) is 28.1 Å². The van der Waals surface area contributed by atoms with Crippen molar-refractivity contribution in [2.45, 2.75) is 0 Å². The van der Waals surface area contributed by atoms with Crippen LogP contribution >= 0.6 is 0 Å². The van der Waals surface area contributed by atoms with Gasteiger partial charge in [-0.25, -0.2) is 13.2 Å². The highest BCUT2D eigenvalue weighted by Gasteiger charge is 2.26. The van der Waals surface area contributed by atoms with E-state index in [-0.39, 0.29) is 0 Å². The smallest absolute Gasteiger partial charge is 0.285 e. The average Bonchev–Trinajstić information content (AvgIpc) is 2.66. The summed E-state index contributed by atoms with van der Waals surface area (Å²) in [6, 6.07) is 2.76. The van der Waals surface area contributed by atoms with Crippen molar-refractivity contribution in [3.63, 3.8) is 0 Å². The molecular weight excluding hydrogens is 371 g/mol. The lowest BCUT2D eigenvalue weighted by Gasteiger charge is -2.09. The van der Waals surface area contributed by atoms with E-state index in [1.807, 2.05) is 0 Å². The maximum atomic E-state index is 13.6. The lowest BCUT2D eigenvalue weighted by Crippen LogP contribution is -2.17. The number of anilines is 1. The van der Waals surface area contributed by atoms with Gasteiger partial charge in [-0.1, -0.05) is 6.07 Å². The Kier molecular flexibility index (Phi) is 7.20. The van der Waals surface area contributed by atoms with E-state index in [1.54, 1.807) is 5.32 Å². The minimum atomic E-state index is -1.34. The first-order valence-electron chi connectivity index (χ1n) is 7.60. The molecule has 3 rings (SSSR count). The Bertz CT molecular complexity index is 799. The van der Waals surface area contributed by atoms with Gasteiger partial charge in [-0.2, -0.15) is 0 Å². The Labute approximate surface area is 151 Å². The van der Waals surface area contributed by atoms with Crippen molar-refractivity contribution in [1.82, 2.24) is 4.98 Å². The highest BCUT2D eigenvalue weighted by Crippen LogP contribution is 2.24. The molecule has 0 aliphatic carbocycles. The number of nitro benzene ring substituents is 1. The van der Waals surface area contributed by atoms with Crippen LogP contribution in [0.15, 0.2) is 30.6 Å². The number of hydrogen-bond acceptors (Lipinski definition) is 6. The third-order valence-electron chi connectivity index (χ3n) is 3.25. The van der Waals surface area contributed by atoms with Crippen LogP contribution in [0.1, 0.15) is 10.4 Å². The molecule has 0 atom stereocenters. The molecule has 11 heteroatoms. The number of nitrogens with zero attached hydrogens (tertiary/aromatic N) is 2. The van der Waals surface area contributed by atoms with Crippen molar-refractivity contribution in [2.24, 2.45) is 0 Å². The van der Waals surface area contributed by atoms with Crippen LogP contribution in [0.3, 0.4) is 0 Å². The van der Waals surface area contributed by atoms with Crippen LogP contribution in [0, 0.1) is 27.6 Å². The van der Waals surface area contributed by atoms with Gasteiger partial charge in [-0.05, 0) is 6.07 Å². The second-order valence-corrected chi connectivity index (χ2v) is 5.05. The molecule has 0 unspecified atom stereocenters. The van der Waals surface area contributed by atoms with E-state index in [4.69, 9.17) is 9.47 Å². The lowest BCUT2D eigenvalue weighted by atomic mass is 10.1. The van der Waals surface area contributed by atoms with E-state index in [0.29, 0.717) is 12.4 Å². The van der Waals surface area contributed by atoms with Crippen LogP contribution < -0.4 is 5.32 Å². The van der Waals surface area contributed by atoms with Gasteiger partial charge in [0.05, 0.1) is 43.7 Å². The summed E-state index contributed by atoms with van der Waals surface area (Å²) in [5, 5.41) is 12.5. The normalized spacial score (nSPS) is 13.3. The van der Waals surface area contributed by atoms with Crippen LogP contribution in [0.25, 0.3) is 0 Å². The number of benzene rings is 1. The molecule has 1 aromatic heterocycles. The van der Waals surface area contributed by atoms with Crippen LogP contribution in [-0.2, 0) is 9.47 Å². The van der Waals surface area contributed by atoms with E-state index >= 15 is 0 Å². The molecule has 1 saturated heterocycles. The maximum Gasteiger partial charge on any atom is 0.285 e. The molecule has 2 aromatic rings. The summed E-state index contributed by atoms with van der Waals surface area (Å²) in [4.78, 5) is 24.9. The molecule has 0 spiro atoms. The summed E-state index contributed by atoms with van der Waals surface area (Å²) in [7, 11) is 0. The number of amides is 1. The molecule has 0 bridgehead atoms. The highest BCUT2D eigenvalue weighted by molar-refractivity contribution is 6.07. The maximum absolute atomic E-state index is 13.6. The summed E-state index contributed by atoms with van der Waals surface area (Å²) >= 11 is 0. The lowest BCUT2D eigenvalue weighted by molar-refractivity contribution is -0.385. The van der Waals surface area contributed by atoms with Gasteiger partial charge >= 0.3 is 0 Å². The number of carbonyl (C=O) groups excluding carboxylic acids is 1. The van der Waals surface area contributed by atoms with Gasteiger partial charge in [0, 0.05) is 6.07 Å². The Balaban J connectivity index is 0.000000369. The molecule has 1 aromatic carbocycles. The molecule has 8 nitrogen and oxygen atoms in total. The molecular formula is C16H14F3N3O5. The third kappa shape index (κ3) is 5.46. The quantitative estimate of drug-likeness (QED) is 0.644. The SMILES string of the molecule is C1COCCO1.O=C(Nc1c(F)cncc1F)c1c(F)cccc1[N+](=O)[O-]. The highest BCUT2D eigenvalue weighted by atomic mass is 19.1. The number of ether oxygens (including phenoxy) is 2. The first-order valence-corrected chi connectivity index (χ1v) is 7.60. The van der Waals surface area contributed by atoms with Crippen molar-refractivity contribution < 1.29 is 32.4 Å². The van der Waals surface area contributed by atoms with E-state index < -0.39 is 45.2 Å². The van der Waals surface area contributed by atoms with Crippen molar-refractivity contribution in [3.05, 3.63) is 63.7 Å². The van der Waals surface area contributed by atoms with Gasteiger partial charge in [0.2, 0.25) is 0 Å². The molecule has 144 valence electrons. The largest absolute Gasteiger partial charge is 0.377 e. The molecule has 1 aliphatic heterocycles. The zero-order valence-electron chi connectivity index (χ0n) is 13.8. The molecule has 1 aliphatic rings. The minimum Gasteiger partial charge on any atom is -0.377 e. The number of nitrogens with one attached hydrogen (secondary N) is 1. The number of nitro groups is 1. The second kappa shape index (κ2) is 9.59. The van der Waals surface area contributed by atoms with Gasteiger partial charge in [0.15, 0.2) is 17.2 Å². The fraction of sp³-hybridized carbons (Fsp3) is 0.250. The van der Waals surface area contributed by atoms with Crippen molar-refractivity contribution >= 4 is 17.3 Å². The Morgan fingerprint density at radius 2 is 1.59 bits per heavy atom. The van der Waals surface area contributed by atoms with Gasteiger partial charge in [0.1, 0.15) is 11.5 Å². The van der Waals surface area contributed by atoms with Gasteiger partial charge < -0.3 is 14.8 Å². The Morgan fingerprint density at radius 3 is 2.07 bits per heavy atom. The zero-order valence-corrected chi connectivity index (χ0v) is 13.8. The van der Waals surface area contributed by atoms with Gasteiger partial charge in [-0.15, -0.1) is 0 Å². The number of halogens is 3.